The van der Waals surface area contributed by atoms with E-state index in [2.05, 4.69) is 5.32 Å². The Labute approximate surface area is 109 Å². The zero-order chi connectivity index (χ0) is 14.5. The highest BCUT2D eigenvalue weighted by Crippen LogP contribution is 2.31. The summed E-state index contributed by atoms with van der Waals surface area (Å²) in [5.41, 5.74) is -0.553. The van der Waals surface area contributed by atoms with Gasteiger partial charge < -0.3 is 10.4 Å². The van der Waals surface area contributed by atoms with Crippen molar-refractivity contribution in [3.8, 4) is 6.07 Å². The molecule has 104 valence electrons. The third kappa shape index (κ3) is 4.45. The molecule has 0 aliphatic heterocycles. The van der Waals surface area contributed by atoms with Crippen LogP contribution in [-0.4, -0.2) is 17.8 Å². The highest BCUT2D eigenvalue weighted by atomic mass is 19.4. The van der Waals surface area contributed by atoms with Crippen LogP contribution >= 0.6 is 0 Å². The lowest BCUT2D eigenvalue weighted by Gasteiger charge is -2.13. The zero-order valence-electron chi connectivity index (χ0n) is 10.5. The summed E-state index contributed by atoms with van der Waals surface area (Å²) in [6.45, 7) is 2.23. The molecule has 6 heteroatoms. The fraction of sp³-hybridized carbons (Fsp3) is 0.462. The highest BCUT2D eigenvalue weighted by Gasteiger charge is 2.31. The Balaban J connectivity index is 2.78. The average Bonchev–Trinajstić information content (AvgIpc) is 2.37. The molecule has 0 saturated carbocycles. The number of nitriles is 1. The Morgan fingerprint density at radius 3 is 2.63 bits per heavy atom. The van der Waals surface area contributed by atoms with Gasteiger partial charge in [0.2, 0.25) is 0 Å². The maximum Gasteiger partial charge on any atom is 0.416 e. The second-order valence-electron chi connectivity index (χ2n) is 4.15. The van der Waals surface area contributed by atoms with Crippen LogP contribution in [0.2, 0.25) is 0 Å². The zero-order valence-corrected chi connectivity index (χ0v) is 10.5. The summed E-state index contributed by atoms with van der Waals surface area (Å²) >= 11 is 0. The first kappa shape index (κ1) is 15.3. The predicted octanol–water partition coefficient (Wildman–Crippen LogP) is 3.15. The van der Waals surface area contributed by atoms with Gasteiger partial charge in [0.05, 0.1) is 22.9 Å². The Morgan fingerprint density at radius 2 is 2.11 bits per heavy atom. The van der Waals surface area contributed by atoms with E-state index in [1.165, 1.54) is 6.07 Å². The van der Waals surface area contributed by atoms with Crippen LogP contribution in [-0.2, 0) is 6.18 Å². The van der Waals surface area contributed by atoms with Crippen molar-refractivity contribution in [1.82, 2.24) is 0 Å². The van der Waals surface area contributed by atoms with Gasteiger partial charge in [-0.05, 0) is 31.0 Å². The van der Waals surface area contributed by atoms with Crippen LogP contribution in [0.15, 0.2) is 18.2 Å². The first-order chi connectivity index (χ1) is 8.88. The fourth-order valence-electron chi connectivity index (χ4n) is 1.54. The molecule has 1 atom stereocenters. The number of rotatable bonds is 5. The molecule has 0 fully saturated rings. The summed E-state index contributed by atoms with van der Waals surface area (Å²) in [4.78, 5) is 0. The minimum atomic E-state index is -4.46. The maximum absolute atomic E-state index is 12.5. The van der Waals surface area contributed by atoms with E-state index in [9.17, 15) is 18.3 Å². The van der Waals surface area contributed by atoms with Gasteiger partial charge in [-0.2, -0.15) is 18.4 Å². The molecule has 0 radical (unpaired) electrons. The Kier molecular flexibility index (Phi) is 5.19. The van der Waals surface area contributed by atoms with Crippen molar-refractivity contribution in [2.45, 2.75) is 32.0 Å². The molecule has 19 heavy (non-hydrogen) atoms. The minimum absolute atomic E-state index is 0.0548. The number of hydrogen-bond acceptors (Lipinski definition) is 3. The van der Waals surface area contributed by atoms with Crippen LogP contribution in [0.1, 0.15) is 30.9 Å². The summed E-state index contributed by atoms with van der Waals surface area (Å²) in [5, 5.41) is 21.1. The Bertz CT molecular complexity index is 466. The van der Waals surface area contributed by atoms with Gasteiger partial charge in [0.25, 0.3) is 0 Å². The molecule has 1 unspecified atom stereocenters. The first-order valence-electron chi connectivity index (χ1n) is 5.91. The fourth-order valence-corrected chi connectivity index (χ4v) is 1.54. The highest BCUT2D eigenvalue weighted by molar-refractivity contribution is 5.58. The number of nitrogens with one attached hydrogen (secondary N) is 1. The van der Waals surface area contributed by atoms with Crippen LogP contribution in [0.4, 0.5) is 18.9 Å². The quantitative estimate of drug-likeness (QED) is 0.865. The molecule has 0 aliphatic rings. The number of hydrogen-bond donors (Lipinski definition) is 2. The minimum Gasteiger partial charge on any atom is -0.393 e. The summed E-state index contributed by atoms with van der Waals surface area (Å²) < 4.78 is 37.4. The number of nitrogens with zero attached hydrogens (tertiary/aromatic N) is 1. The normalized spacial score (nSPS) is 12.8. The topological polar surface area (TPSA) is 56.0 Å². The van der Waals surface area contributed by atoms with Crippen LogP contribution in [0.25, 0.3) is 0 Å². The molecule has 0 amide bonds. The molecular weight excluding hydrogens is 257 g/mol. The number of aliphatic hydroxyl groups excluding tert-OH is 1. The third-order valence-electron chi connectivity index (χ3n) is 2.73. The summed E-state index contributed by atoms with van der Waals surface area (Å²) in [7, 11) is 0. The summed E-state index contributed by atoms with van der Waals surface area (Å²) in [6.07, 6.45) is -3.82. The van der Waals surface area contributed by atoms with Gasteiger partial charge in [0.1, 0.15) is 6.07 Å². The molecule has 3 nitrogen and oxygen atoms in total. The van der Waals surface area contributed by atoms with E-state index in [-0.39, 0.29) is 5.56 Å². The van der Waals surface area contributed by atoms with E-state index in [4.69, 9.17) is 5.26 Å². The van der Waals surface area contributed by atoms with Crippen molar-refractivity contribution in [3.05, 3.63) is 29.3 Å². The molecule has 0 heterocycles. The molecule has 0 aliphatic carbocycles. The lowest BCUT2D eigenvalue weighted by Crippen LogP contribution is -2.13. The molecule has 1 rings (SSSR count). The largest absolute Gasteiger partial charge is 0.416 e. The Hall–Kier alpha value is -1.74. The van der Waals surface area contributed by atoms with E-state index in [1.54, 1.807) is 6.07 Å². The Morgan fingerprint density at radius 1 is 1.42 bits per heavy atom. The van der Waals surface area contributed by atoms with Gasteiger partial charge in [-0.3, -0.25) is 0 Å². The smallest absolute Gasteiger partial charge is 0.393 e. The molecule has 0 bridgehead atoms. The van der Waals surface area contributed by atoms with E-state index in [0.29, 0.717) is 25.1 Å². The van der Waals surface area contributed by atoms with Gasteiger partial charge in [-0.15, -0.1) is 0 Å². The second-order valence-corrected chi connectivity index (χ2v) is 4.15. The van der Waals surface area contributed by atoms with E-state index in [0.717, 1.165) is 12.1 Å². The molecule has 0 spiro atoms. The molecule has 1 aromatic rings. The van der Waals surface area contributed by atoms with Crippen molar-refractivity contribution < 1.29 is 18.3 Å². The monoisotopic (exact) mass is 272 g/mol. The molecule has 2 N–H and O–H groups in total. The van der Waals surface area contributed by atoms with Gasteiger partial charge >= 0.3 is 6.18 Å². The van der Waals surface area contributed by atoms with E-state index >= 15 is 0 Å². The van der Waals surface area contributed by atoms with Crippen LogP contribution in [0.5, 0.6) is 0 Å². The lowest BCUT2D eigenvalue weighted by atomic mass is 10.1. The first-order valence-corrected chi connectivity index (χ1v) is 5.91. The summed E-state index contributed by atoms with van der Waals surface area (Å²) in [6, 6.07) is 4.72. The van der Waals surface area contributed by atoms with Crippen LogP contribution < -0.4 is 5.32 Å². The van der Waals surface area contributed by atoms with Crippen molar-refractivity contribution >= 4 is 5.69 Å². The second kappa shape index (κ2) is 6.43. The summed E-state index contributed by atoms with van der Waals surface area (Å²) in [5.74, 6) is 0. The average molecular weight is 272 g/mol. The number of alkyl halides is 3. The molecule has 1 aromatic carbocycles. The third-order valence-corrected chi connectivity index (χ3v) is 2.73. The van der Waals surface area contributed by atoms with Gasteiger partial charge in [0, 0.05) is 6.54 Å². The molecule has 0 saturated heterocycles. The van der Waals surface area contributed by atoms with Crippen LogP contribution in [0, 0.1) is 11.3 Å². The van der Waals surface area contributed by atoms with Crippen LogP contribution in [0.3, 0.4) is 0 Å². The van der Waals surface area contributed by atoms with Crippen molar-refractivity contribution in [3.63, 3.8) is 0 Å². The number of benzene rings is 1. The number of halogens is 3. The van der Waals surface area contributed by atoms with Gasteiger partial charge in [-0.25, -0.2) is 0 Å². The van der Waals surface area contributed by atoms with Crippen molar-refractivity contribution in [2.75, 3.05) is 11.9 Å². The molecular formula is C13H15F3N2O. The van der Waals surface area contributed by atoms with E-state index in [1.807, 2.05) is 6.92 Å². The number of anilines is 1. The van der Waals surface area contributed by atoms with Gasteiger partial charge in [-0.1, -0.05) is 6.92 Å². The maximum atomic E-state index is 12.5. The SMILES string of the molecule is CCC(O)CCNc1ccc(C(F)(F)F)cc1C#N. The predicted molar refractivity (Wildman–Crippen MR) is 65.6 cm³/mol. The number of aliphatic hydroxyl groups is 1. The van der Waals surface area contributed by atoms with Crippen molar-refractivity contribution in [1.29, 1.82) is 5.26 Å². The van der Waals surface area contributed by atoms with E-state index < -0.39 is 17.8 Å². The lowest BCUT2D eigenvalue weighted by molar-refractivity contribution is -0.137. The van der Waals surface area contributed by atoms with Crippen molar-refractivity contribution in [2.24, 2.45) is 0 Å². The standard InChI is InChI=1S/C13H15F3N2O/c1-2-11(19)5-6-18-12-4-3-10(13(14,15)16)7-9(12)8-17/h3-4,7,11,18-19H,2,5-6H2,1H3. The van der Waals surface area contributed by atoms with Gasteiger partial charge in [0.15, 0.2) is 0 Å². The molecule has 0 aromatic heterocycles.